The molecular formula is C15H11Br2N3. The summed E-state index contributed by atoms with van der Waals surface area (Å²) in [4.78, 5) is 4.10. The van der Waals surface area contributed by atoms with E-state index in [1.165, 1.54) is 0 Å². The van der Waals surface area contributed by atoms with Gasteiger partial charge in [0.15, 0.2) is 0 Å². The number of pyridine rings is 1. The summed E-state index contributed by atoms with van der Waals surface area (Å²) < 4.78 is 1.99. The molecule has 2 aromatic carbocycles. The zero-order valence-corrected chi connectivity index (χ0v) is 13.6. The summed E-state index contributed by atoms with van der Waals surface area (Å²) in [5, 5.41) is 5.38. The Balaban J connectivity index is 2.04. The fourth-order valence-electron chi connectivity index (χ4n) is 2.04. The summed E-state index contributed by atoms with van der Waals surface area (Å²) in [5.74, 6) is 0. The highest BCUT2D eigenvalue weighted by molar-refractivity contribution is 9.11. The van der Waals surface area contributed by atoms with Gasteiger partial charge in [-0.15, -0.1) is 0 Å². The molecule has 1 heterocycles. The lowest BCUT2D eigenvalue weighted by atomic mass is 10.1. The molecule has 0 saturated heterocycles. The normalized spacial score (nSPS) is 10.7. The average Bonchev–Trinajstić information content (AvgIpc) is 2.45. The second-order valence-electron chi connectivity index (χ2n) is 4.37. The Kier molecular flexibility index (Phi) is 3.63. The topological polar surface area (TPSA) is 50.9 Å². The molecule has 100 valence electrons. The second-order valence-corrected chi connectivity index (χ2v) is 6.14. The number of nitrogen functional groups attached to an aromatic ring is 1. The van der Waals surface area contributed by atoms with Crippen molar-refractivity contribution < 1.29 is 0 Å². The fraction of sp³-hybridized carbons (Fsp3) is 0. The third-order valence-corrected chi connectivity index (χ3v) is 4.21. The van der Waals surface area contributed by atoms with Crippen LogP contribution in [0.15, 0.2) is 57.7 Å². The summed E-state index contributed by atoms with van der Waals surface area (Å²) in [6, 6.07) is 11.9. The summed E-state index contributed by atoms with van der Waals surface area (Å²) in [6.45, 7) is 0. The minimum Gasteiger partial charge on any atom is -0.397 e. The first-order valence-electron chi connectivity index (χ1n) is 5.99. The minimum absolute atomic E-state index is 0.722. The third kappa shape index (κ3) is 2.51. The van der Waals surface area contributed by atoms with Crippen LogP contribution in [0.25, 0.3) is 10.8 Å². The van der Waals surface area contributed by atoms with Crippen LogP contribution < -0.4 is 11.1 Å². The standard InChI is InChI=1S/C15H11Br2N3/c16-10-2-4-13(12(17)7-10)20-14-3-1-9-8-19-6-5-11(9)15(14)18/h1-8,20H,18H2. The molecule has 0 unspecified atom stereocenters. The van der Waals surface area contributed by atoms with E-state index in [4.69, 9.17) is 5.73 Å². The molecule has 0 aliphatic carbocycles. The van der Waals surface area contributed by atoms with E-state index in [1.54, 1.807) is 6.20 Å². The molecule has 3 nitrogen and oxygen atoms in total. The Morgan fingerprint density at radius 1 is 1.00 bits per heavy atom. The number of hydrogen-bond donors (Lipinski definition) is 2. The molecule has 0 radical (unpaired) electrons. The Labute approximate surface area is 133 Å². The van der Waals surface area contributed by atoms with Gasteiger partial charge >= 0.3 is 0 Å². The lowest BCUT2D eigenvalue weighted by Gasteiger charge is -2.13. The second kappa shape index (κ2) is 5.42. The molecule has 3 N–H and O–H groups in total. The van der Waals surface area contributed by atoms with Gasteiger partial charge in [0.1, 0.15) is 0 Å². The molecule has 0 amide bonds. The molecule has 0 spiro atoms. The van der Waals surface area contributed by atoms with Crippen molar-refractivity contribution in [1.82, 2.24) is 4.98 Å². The molecule has 3 aromatic rings. The molecule has 3 rings (SSSR count). The molecule has 0 fully saturated rings. The highest BCUT2D eigenvalue weighted by Gasteiger charge is 2.07. The fourth-order valence-corrected chi connectivity index (χ4v) is 3.18. The maximum Gasteiger partial charge on any atom is 0.0634 e. The van der Waals surface area contributed by atoms with Gasteiger partial charge < -0.3 is 11.1 Å². The summed E-state index contributed by atoms with van der Waals surface area (Å²) in [6.07, 6.45) is 3.56. The number of benzene rings is 2. The minimum atomic E-state index is 0.722. The SMILES string of the molecule is Nc1c(Nc2ccc(Br)cc2Br)ccc2cnccc12. The zero-order valence-electron chi connectivity index (χ0n) is 10.4. The molecule has 0 atom stereocenters. The van der Waals surface area contributed by atoms with Gasteiger partial charge in [-0.25, -0.2) is 0 Å². The first-order chi connectivity index (χ1) is 9.65. The van der Waals surface area contributed by atoms with Crippen molar-refractivity contribution in [3.63, 3.8) is 0 Å². The van der Waals surface area contributed by atoms with Crippen LogP contribution in [0.5, 0.6) is 0 Å². The molecule has 0 aliphatic heterocycles. The molecule has 0 aliphatic rings. The lowest BCUT2D eigenvalue weighted by Crippen LogP contribution is -1.98. The monoisotopic (exact) mass is 391 g/mol. The van der Waals surface area contributed by atoms with E-state index in [0.717, 1.165) is 36.8 Å². The Hall–Kier alpha value is -1.59. The quantitative estimate of drug-likeness (QED) is 0.597. The van der Waals surface area contributed by atoms with Crippen molar-refractivity contribution >= 4 is 59.7 Å². The first kappa shape index (κ1) is 13.4. The van der Waals surface area contributed by atoms with Gasteiger partial charge in [0.05, 0.1) is 17.1 Å². The lowest BCUT2D eigenvalue weighted by molar-refractivity contribution is 1.36. The number of fused-ring (bicyclic) bond motifs is 1. The number of anilines is 3. The van der Waals surface area contributed by atoms with Crippen molar-refractivity contribution in [3.05, 3.63) is 57.7 Å². The molecule has 20 heavy (non-hydrogen) atoms. The van der Waals surface area contributed by atoms with Gasteiger partial charge in [0.2, 0.25) is 0 Å². The zero-order chi connectivity index (χ0) is 14.1. The van der Waals surface area contributed by atoms with E-state index in [-0.39, 0.29) is 0 Å². The van der Waals surface area contributed by atoms with Crippen molar-refractivity contribution in [2.75, 3.05) is 11.1 Å². The Morgan fingerprint density at radius 3 is 2.60 bits per heavy atom. The van der Waals surface area contributed by atoms with Gasteiger partial charge in [-0.2, -0.15) is 0 Å². The molecule has 0 bridgehead atoms. The summed E-state index contributed by atoms with van der Waals surface area (Å²) in [5.41, 5.74) is 8.80. The van der Waals surface area contributed by atoms with E-state index in [2.05, 4.69) is 42.2 Å². The van der Waals surface area contributed by atoms with E-state index in [9.17, 15) is 0 Å². The van der Waals surface area contributed by atoms with E-state index >= 15 is 0 Å². The number of aromatic nitrogens is 1. The maximum absolute atomic E-state index is 6.23. The van der Waals surface area contributed by atoms with Gasteiger partial charge in [-0.05, 0) is 46.3 Å². The average molecular weight is 393 g/mol. The van der Waals surface area contributed by atoms with E-state index in [1.807, 2.05) is 42.6 Å². The highest BCUT2D eigenvalue weighted by Crippen LogP contribution is 2.33. The maximum atomic E-state index is 6.23. The van der Waals surface area contributed by atoms with Crippen LogP contribution in [0.4, 0.5) is 17.1 Å². The van der Waals surface area contributed by atoms with Crippen LogP contribution >= 0.6 is 31.9 Å². The van der Waals surface area contributed by atoms with Crippen LogP contribution in [-0.2, 0) is 0 Å². The van der Waals surface area contributed by atoms with Gasteiger partial charge in [0.25, 0.3) is 0 Å². The molecule has 5 heteroatoms. The third-order valence-electron chi connectivity index (χ3n) is 3.06. The van der Waals surface area contributed by atoms with Crippen molar-refractivity contribution in [3.8, 4) is 0 Å². The van der Waals surface area contributed by atoms with Gasteiger partial charge in [0, 0.05) is 32.1 Å². The highest BCUT2D eigenvalue weighted by atomic mass is 79.9. The first-order valence-corrected chi connectivity index (χ1v) is 7.58. The number of rotatable bonds is 2. The summed E-state index contributed by atoms with van der Waals surface area (Å²) >= 11 is 6.97. The number of nitrogens with zero attached hydrogens (tertiary/aromatic N) is 1. The summed E-state index contributed by atoms with van der Waals surface area (Å²) in [7, 11) is 0. The predicted octanol–water partition coefficient (Wildman–Crippen LogP) is 5.09. The Bertz CT molecular complexity index is 787. The number of nitrogens with two attached hydrogens (primary N) is 1. The predicted molar refractivity (Wildman–Crippen MR) is 91.3 cm³/mol. The van der Waals surface area contributed by atoms with Crippen molar-refractivity contribution in [2.45, 2.75) is 0 Å². The smallest absolute Gasteiger partial charge is 0.0634 e. The van der Waals surface area contributed by atoms with Crippen LogP contribution in [-0.4, -0.2) is 4.98 Å². The Morgan fingerprint density at radius 2 is 1.80 bits per heavy atom. The van der Waals surface area contributed by atoms with Crippen LogP contribution in [0.1, 0.15) is 0 Å². The van der Waals surface area contributed by atoms with Crippen LogP contribution in [0.2, 0.25) is 0 Å². The van der Waals surface area contributed by atoms with Gasteiger partial charge in [-0.3, -0.25) is 4.98 Å². The number of hydrogen-bond acceptors (Lipinski definition) is 3. The largest absolute Gasteiger partial charge is 0.397 e. The number of nitrogens with one attached hydrogen (secondary N) is 1. The molecule has 0 saturated carbocycles. The van der Waals surface area contributed by atoms with Crippen LogP contribution in [0.3, 0.4) is 0 Å². The van der Waals surface area contributed by atoms with Gasteiger partial charge in [-0.1, -0.05) is 22.0 Å². The van der Waals surface area contributed by atoms with E-state index in [0.29, 0.717) is 0 Å². The van der Waals surface area contributed by atoms with Crippen molar-refractivity contribution in [1.29, 1.82) is 0 Å². The molecule has 1 aromatic heterocycles. The van der Waals surface area contributed by atoms with E-state index < -0.39 is 0 Å². The van der Waals surface area contributed by atoms with Crippen LogP contribution in [0, 0.1) is 0 Å². The number of halogens is 2. The molecular weight excluding hydrogens is 382 g/mol. The van der Waals surface area contributed by atoms with Crippen molar-refractivity contribution in [2.24, 2.45) is 0 Å².